The van der Waals surface area contributed by atoms with Crippen molar-refractivity contribution in [1.29, 1.82) is 0 Å². The van der Waals surface area contributed by atoms with Gasteiger partial charge in [0, 0.05) is 5.54 Å². The second kappa shape index (κ2) is 3.25. The van der Waals surface area contributed by atoms with Crippen LogP contribution in [-0.4, -0.2) is 12.1 Å². The first-order valence-electron chi connectivity index (χ1n) is 7.49. The molecule has 0 aromatic carbocycles. The molecule has 1 atom stereocenters. The molecule has 0 aromatic heterocycles. The number of hydrogen-bond acceptors (Lipinski definition) is 1. The van der Waals surface area contributed by atoms with Gasteiger partial charge in [-0.3, -0.25) is 0 Å². The van der Waals surface area contributed by atoms with Crippen molar-refractivity contribution in [2.45, 2.75) is 57.4 Å². The first-order valence-corrected chi connectivity index (χ1v) is 7.49. The predicted octanol–water partition coefficient (Wildman–Crippen LogP) is 3.20. The molecule has 1 nitrogen and oxygen atoms in total. The van der Waals surface area contributed by atoms with Gasteiger partial charge in [0.15, 0.2) is 0 Å². The highest BCUT2D eigenvalue weighted by molar-refractivity contribution is 5.07. The summed E-state index contributed by atoms with van der Waals surface area (Å²) in [4.78, 5) is 0. The van der Waals surface area contributed by atoms with E-state index in [-0.39, 0.29) is 0 Å². The standard InChI is InChI=1S/C15H25N/c1-15(3-2-4-16-15)14-12-6-10-5-11(8-12)9-13(14)7-10/h10-14,16H,2-9H2,1H3. The van der Waals surface area contributed by atoms with Crippen LogP contribution in [0.1, 0.15) is 51.9 Å². The van der Waals surface area contributed by atoms with E-state index >= 15 is 0 Å². The van der Waals surface area contributed by atoms with Gasteiger partial charge in [-0.1, -0.05) is 0 Å². The third-order valence-electron chi connectivity index (χ3n) is 6.36. The molecular weight excluding hydrogens is 194 g/mol. The summed E-state index contributed by atoms with van der Waals surface area (Å²) >= 11 is 0. The van der Waals surface area contributed by atoms with Crippen LogP contribution in [0.2, 0.25) is 0 Å². The predicted molar refractivity (Wildman–Crippen MR) is 66.2 cm³/mol. The summed E-state index contributed by atoms with van der Waals surface area (Å²) in [6, 6.07) is 0. The van der Waals surface area contributed by atoms with Gasteiger partial charge in [-0.2, -0.15) is 0 Å². The molecule has 0 aromatic rings. The first-order chi connectivity index (χ1) is 7.74. The van der Waals surface area contributed by atoms with Crippen LogP contribution in [-0.2, 0) is 0 Å². The number of hydrogen-bond donors (Lipinski definition) is 1. The summed E-state index contributed by atoms with van der Waals surface area (Å²) in [6.45, 7) is 3.81. The summed E-state index contributed by atoms with van der Waals surface area (Å²) in [6.07, 6.45) is 10.8. The first kappa shape index (κ1) is 9.94. The molecule has 16 heavy (non-hydrogen) atoms. The molecule has 1 aliphatic heterocycles. The van der Waals surface area contributed by atoms with Crippen molar-refractivity contribution in [1.82, 2.24) is 5.32 Å². The Morgan fingerprint density at radius 1 is 0.938 bits per heavy atom. The molecule has 90 valence electrons. The van der Waals surface area contributed by atoms with Crippen molar-refractivity contribution in [3.05, 3.63) is 0 Å². The normalized spacial score (nSPS) is 59.4. The lowest BCUT2D eigenvalue weighted by Gasteiger charge is -2.58. The molecule has 1 heterocycles. The van der Waals surface area contributed by atoms with Gasteiger partial charge in [0.1, 0.15) is 0 Å². The van der Waals surface area contributed by atoms with Gasteiger partial charge in [0.2, 0.25) is 0 Å². The third kappa shape index (κ3) is 1.27. The van der Waals surface area contributed by atoms with E-state index in [4.69, 9.17) is 0 Å². The van der Waals surface area contributed by atoms with Crippen LogP contribution in [0.15, 0.2) is 0 Å². The Hall–Kier alpha value is -0.0400. The molecule has 0 amide bonds. The van der Waals surface area contributed by atoms with E-state index in [0.29, 0.717) is 5.54 Å². The van der Waals surface area contributed by atoms with E-state index in [2.05, 4.69) is 12.2 Å². The topological polar surface area (TPSA) is 12.0 Å². The quantitative estimate of drug-likeness (QED) is 0.714. The average Bonchev–Trinajstić information content (AvgIpc) is 2.64. The minimum Gasteiger partial charge on any atom is -0.311 e. The highest BCUT2D eigenvalue weighted by Crippen LogP contribution is 2.59. The van der Waals surface area contributed by atoms with E-state index in [1.54, 1.807) is 32.1 Å². The summed E-state index contributed by atoms with van der Waals surface area (Å²) in [7, 11) is 0. The van der Waals surface area contributed by atoms with Crippen molar-refractivity contribution in [3.8, 4) is 0 Å². The van der Waals surface area contributed by atoms with Gasteiger partial charge in [0.25, 0.3) is 0 Å². The van der Waals surface area contributed by atoms with Crippen molar-refractivity contribution < 1.29 is 0 Å². The van der Waals surface area contributed by atoms with E-state index < -0.39 is 0 Å². The van der Waals surface area contributed by atoms with Crippen molar-refractivity contribution in [2.24, 2.45) is 29.6 Å². The molecule has 4 bridgehead atoms. The highest BCUT2D eigenvalue weighted by atomic mass is 15.0. The number of nitrogens with one attached hydrogen (secondary N) is 1. The maximum Gasteiger partial charge on any atom is 0.0187 e. The third-order valence-corrected chi connectivity index (χ3v) is 6.36. The molecule has 4 aliphatic carbocycles. The molecule has 1 heteroatoms. The Labute approximate surface area is 99.4 Å². The smallest absolute Gasteiger partial charge is 0.0187 e. The Kier molecular flexibility index (Phi) is 2.02. The van der Waals surface area contributed by atoms with Gasteiger partial charge in [-0.05, 0) is 88.0 Å². The van der Waals surface area contributed by atoms with Crippen LogP contribution in [0, 0.1) is 29.6 Å². The second-order valence-electron chi connectivity index (χ2n) is 7.40. The van der Waals surface area contributed by atoms with Crippen LogP contribution in [0.25, 0.3) is 0 Å². The SMILES string of the molecule is CC1(C2C3CC4CC(C3)CC2C4)CCCN1. The van der Waals surface area contributed by atoms with Crippen LogP contribution in [0.3, 0.4) is 0 Å². The van der Waals surface area contributed by atoms with Crippen molar-refractivity contribution in [3.63, 3.8) is 0 Å². The summed E-state index contributed by atoms with van der Waals surface area (Å²) in [5.74, 6) is 5.47. The lowest BCUT2D eigenvalue weighted by Crippen LogP contribution is -2.57. The van der Waals surface area contributed by atoms with Gasteiger partial charge in [-0.15, -0.1) is 0 Å². The largest absolute Gasteiger partial charge is 0.311 e. The van der Waals surface area contributed by atoms with Gasteiger partial charge < -0.3 is 5.32 Å². The Bertz CT molecular complexity index is 262. The van der Waals surface area contributed by atoms with Gasteiger partial charge in [0.05, 0.1) is 0 Å². The number of rotatable bonds is 1. The lowest BCUT2D eigenvalue weighted by molar-refractivity contribution is -0.0704. The molecule has 5 fully saturated rings. The van der Waals surface area contributed by atoms with Crippen LogP contribution >= 0.6 is 0 Å². The molecule has 0 spiro atoms. The molecule has 4 saturated carbocycles. The van der Waals surface area contributed by atoms with Crippen molar-refractivity contribution >= 4 is 0 Å². The van der Waals surface area contributed by atoms with Gasteiger partial charge in [-0.25, -0.2) is 0 Å². The molecule has 1 N–H and O–H groups in total. The molecule has 1 unspecified atom stereocenters. The second-order valence-corrected chi connectivity index (χ2v) is 7.40. The zero-order valence-corrected chi connectivity index (χ0v) is 10.5. The Balaban J connectivity index is 1.64. The molecular formula is C15H25N. The lowest BCUT2D eigenvalue weighted by atomic mass is 9.48. The fraction of sp³-hybridized carbons (Fsp3) is 1.00. The zero-order chi connectivity index (χ0) is 10.8. The minimum atomic E-state index is 0.516. The minimum absolute atomic E-state index is 0.516. The monoisotopic (exact) mass is 219 g/mol. The fourth-order valence-electron chi connectivity index (χ4n) is 6.17. The average molecular weight is 219 g/mol. The van der Waals surface area contributed by atoms with E-state index in [0.717, 1.165) is 29.6 Å². The molecule has 0 radical (unpaired) electrons. The fourth-order valence-corrected chi connectivity index (χ4v) is 6.17. The molecule has 5 aliphatic rings. The van der Waals surface area contributed by atoms with E-state index in [9.17, 15) is 0 Å². The molecule has 5 rings (SSSR count). The Morgan fingerprint density at radius 2 is 1.56 bits per heavy atom. The summed E-state index contributed by atoms with van der Waals surface area (Å²) in [5, 5.41) is 3.86. The zero-order valence-electron chi connectivity index (χ0n) is 10.5. The van der Waals surface area contributed by atoms with Gasteiger partial charge >= 0.3 is 0 Å². The molecule has 1 saturated heterocycles. The highest BCUT2D eigenvalue weighted by Gasteiger charge is 2.54. The maximum absolute atomic E-state index is 3.86. The Morgan fingerprint density at radius 3 is 2.06 bits per heavy atom. The summed E-state index contributed by atoms with van der Waals surface area (Å²) < 4.78 is 0. The van der Waals surface area contributed by atoms with Crippen molar-refractivity contribution in [2.75, 3.05) is 6.54 Å². The van der Waals surface area contributed by atoms with E-state index in [1.807, 2.05) is 0 Å². The van der Waals surface area contributed by atoms with E-state index in [1.165, 1.54) is 19.4 Å². The van der Waals surface area contributed by atoms with Crippen LogP contribution < -0.4 is 5.32 Å². The van der Waals surface area contributed by atoms with Crippen LogP contribution in [0.4, 0.5) is 0 Å². The maximum atomic E-state index is 3.86. The van der Waals surface area contributed by atoms with Crippen LogP contribution in [0.5, 0.6) is 0 Å². The summed E-state index contributed by atoms with van der Waals surface area (Å²) in [5.41, 5.74) is 0.516.